The molecule has 0 bridgehead atoms. The van der Waals surface area contributed by atoms with Gasteiger partial charge in [0.15, 0.2) is 11.5 Å². The molecule has 6 heteroatoms. The van der Waals surface area contributed by atoms with E-state index in [2.05, 4.69) is 17.2 Å². The summed E-state index contributed by atoms with van der Waals surface area (Å²) < 4.78 is 5.75. The molecule has 1 heterocycles. The van der Waals surface area contributed by atoms with Gasteiger partial charge in [0.2, 0.25) is 0 Å². The van der Waals surface area contributed by atoms with Gasteiger partial charge in [-0.25, -0.2) is 9.78 Å². The van der Waals surface area contributed by atoms with E-state index in [1.165, 1.54) is 12.8 Å². The maximum atomic E-state index is 10.8. The Labute approximate surface area is 141 Å². The van der Waals surface area contributed by atoms with Crippen LogP contribution in [0.3, 0.4) is 0 Å². The predicted octanol–water partition coefficient (Wildman–Crippen LogP) is 3.51. The van der Waals surface area contributed by atoms with E-state index >= 15 is 0 Å². The second-order valence-electron chi connectivity index (χ2n) is 6.52. The molecule has 0 aliphatic rings. The Bertz CT molecular complexity index is 683. The molecule has 1 amide bonds. The lowest BCUT2D eigenvalue weighted by Gasteiger charge is -2.27. The molecule has 0 saturated carbocycles. The van der Waals surface area contributed by atoms with Gasteiger partial charge in [-0.05, 0) is 43.9 Å². The Morgan fingerprint density at radius 1 is 1.33 bits per heavy atom. The zero-order valence-electron chi connectivity index (χ0n) is 14.3. The number of amides is 1. The van der Waals surface area contributed by atoms with Gasteiger partial charge in [-0.15, -0.1) is 0 Å². The standard InChI is InChI=1S/C18H26N2O4/c1-3-4-5-6-16-19-14-11-13(7-8-15(14)24-16)9-10-18(2,12-21)20-17(22)23/h7-8,11,20-21H,3-6,9-10,12H2,1-2H3,(H,22,23)/t18-/m1/s1. The summed E-state index contributed by atoms with van der Waals surface area (Å²) in [5.74, 6) is 0.767. The summed E-state index contributed by atoms with van der Waals surface area (Å²) in [6, 6.07) is 5.84. The second-order valence-corrected chi connectivity index (χ2v) is 6.52. The molecular weight excluding hydrogens is 308 g/mol. The summed E-state index contributed by atoms with van der Waals surface area (Å²) in [5.41, 5.74) is 1.80. The number of hydrogen-bond donors (Lipinski definition) is 3. The molecule has 0 fully saturated rings. The van der Waals surface area contributed by atoms with Crippen LogP contribution < -0.4 is 5.32 Å². The summed E-state index contributed by atoms with van der Waals surface area (Å²) in [4.78, 5) is 15.4. The van der Waals surface area contributed by atoms with Crippen molar-refractivity contribution in [3.05, 3.63) is 29.7 Å². The normalized spacial score (nSPS) is 13.8. The highest BCUT2D eigenvalue weighted by atomic mass is 16.4. The van der Waals surface area contributed by atoms with Gasteiger partial charge in [0.25, 0.3) is 0 Å². The Morgan fingerprint density at radius 2 is 2.12 bits per heavy atom. The third kappa shape index (κ3) is 4.96. The van der Waals surface area contributed by atoms with Gasteiger partial charge in [0.1, 0.15) is 5.52 Å². The molecule has 0 radical (unpaired) electrons. The minimum Gasteiger partial charge on any atom is -0.465 e. The first kappa shape index (κ1) is 18.3. The van der Waals surface area contributed by atoms with Gasteiger partial charge in [0.05, 0.1) is 12.1 Å². The van der Waals surface area contributed by atoms with Crippen LogP contribution in [0.1, 0.15) is 51.0 Å². The minimum atomic E-state index is -1.13. The van der Waals surface area contributed by atoms with Crippen LogP contribution in [0.5, 0.6) is 0 Å². The molecule has 0 aliphatic heterocycles. The molecule has 0 aliphatic carbocycles. The van der Waals surface area contributed by atoms with Crippen LogP contribution in [0.15, 0.2) is 22.6 Å². The molecule has 0 unspecified atom stereocenters. The van der Waals surface area contributed by atoms with Crippen LogP contribution in [-0.4, -0.2) is 33.4 Å². The highest BCUT2D eigenvalue weighted by molar-refractivity contribution is 5.73. The molecule has 132 valence electrons. The van der Waals surface area contributed by atoms with Crippen molar-refractivity contribution in [1.82, 2.24) is 10.3 Å². The molecule has 1 aromatic heterocycles. The third-order valence-electron chi connectivity index (χ3n) is 4.21. The third-order valence-corrected chi connectivity index (χ3v) is 4.21. The van der Waals surface area contributed by atoms with E-state index in [4.69, 9.17) is 9.52 Å². The number of oxazole rings is 1. The summed E-state index contributed by atoms with van der Waals surface area (Å²) >= 11 is 0. The number of rotatable bonds is 9. The summed E-state index contributed by atoms with van der Waals surface area (Å²) in [5, 5.41) is 20.7. The lowest BCUT2D eigenvalue weighted by molar-refractivity contribution is 0.141. The first-order valence-corrected chi connectivity index (χ1v) is 8.46. The SMILES string of the molecule is CCCCCc1nc2cc(CC[C@](C)(CO)NC(=O)O)ccc2o1. The molecule has 6 nitrogen and oxygen atoms in total. The van der Waals surface area contributed by atoms with Crippen LogP contribution >= 0.6 is 0 Å². The number of nitrogens with zero attached hydrogens (tertiary/aromatic N) is 1. The average Bonchev–Trinajstić information content (AvgIpc) is 2.94. The fourth-order valence-corrected chi connectivity index (χ4v) is 2.67. The van der Waals surface area contributed by atoms with Crippen molar-refractivity contribution in [1.29, 1.82) is 0 Å². The number of nitrogens with one attached hydrogen (secondary N) is 1. The van der Waals surface area contributed by atoms with E-state index in [0.29, 0.717) is 12.8 Å². The smallest absolute Gasteiger partial charge is 0.405 e. The van der Waals surface area contributed by atoms with Crippen LogP contribution in [0, 0.1) is 0 Å². The van der Waals surface area contributed by atoms with Crippen LogP contribution in [0.2, 0.25) is 0 Å². The van der Waals surface area contributed by atoms with Gasteiger partial charge >= 0.3 is 6.09 Å². The monoisotopic (exact) mass is 334 g/mol. The number of aromatic nitrogens is 1. The van der Waals surface area contributed by atoms with E-state index in [1.54, 1.807) is 6.92 Å². The number of fused-ring (bicyclic) bond motifs is 1. The van der Waals surface area contributed by atoms with Crippen molar-refractivity contribution in [3.63, 3.8) is 0 Å². The highest BCUT2D eigenvalue weighted by Gasteiger charge is 2.25. The number of carbonyl (C=O) groups is 1. The van der Waals surface area contributed by atoms with Gasteiger partial charge in [-0.3, -0.25) is 0 Å². The molecule has 3 N–H and O–H groups in total. The Morgan fingerprint density at radius 3 is 2.79 bits per heavy atom. The highest BCUT2D eigenvalue weighted by Crippen LogP contribution is 2.21. The maximum Gasteiger partial charge on any atom is 0.405 e. The number of aliphatic hydroxyl groups is 1. The Kier molecular flexibility index (Phi) is 6.20. The summed E-state index contributed by atoms with van der Waals surface area (Å²) in [6.45, 7) is 3.62. The van der Waals surface area contributed by atoms with Crippen LogP contribution in [0.25, 0.3) is 11.1 Å². The molecule has 0 spiro atoms. The minimum absolute atomic E-state index is 0.243. The lowest BCUT2D eigenvalue weighted by Crippen LogP contribution is -2.48. The van der Waals surface area contributed by atoms with Gasteiger partial charge in [-0.2, -0.15) is 0 Å². The maximum absolute atomic E-state index is 10.8. The number of aliphatic hydroxyl groups excluding tert-OH is 1. The quantitative estimate of drug-likeness (QED) is 0.610. The largest absolute Gasteiger partial charge is 0.465 e. The van der Waals surface area contributed by atoms with Crippen LogP contribution in [-0.2, 0) is 12.8 Å². The summed E-state index contributed by atoms with van der Waals surface area (Å²) in [7, 11) is 0. The number of aryl methyl sites for hydroxylation is 2. The van der Waals surface area contributed by atoms with Crippen molar-refractivity contribution in [2.45, 2.75) is 57.9 Å². The number of carboxylic acid groups (broad SMARTS) is 1. The van der Waals surface area contributed by atoms with E-state index in [0.717, 1.165) is 35.4 Å². The van der Waals surface area contributed by atoms with E-state index in [1.807, 2.05) is 18.2 Å². The molecule has 2 rings (SSSR count). The lowest BCUT2D eigenvalue weighted by atomic mass is 9.94. The summed E-state index contributed by atoms with van der Waals surface area (Å²) in [6.07, 6.45) is 4.27. The second kappa shape index (κ2) is 8.15. The average molecular weight is 334 g/mol. The van der Waals surface area contributed by atoms with E-state index in [9.17, 15) is 9.90 Å². The first-order valence-electron chi connectivity index (χ1n) is 8.46. The van der Waals surface area contributed by atoms with Crippen molar-refractivity contribution < 1.29 is 19.4 Å². The van der Waals surface area contributed by atoms with Gasteiger partial charge < -0.3 is 19.9 Å². The fourth-order valence-electron chi connectivity index (χ4n) is 2.67. The van der Waals surface area contributed by atoms with E-state index < -0.39 is 11.6 Å². The predicted molar refractivity (Wildman–Crippen MR) is 92.2 cm³/mol. The van der Waals surface area contributed by atoms with Crippen molar-refractivity contribution in [2.24, 2.45) is 0 Å². The molecular formula is C18H26N2O4. The molecule has 1 atom stereocenters. The van der Waals surface area contributed by atoms with Gasteiger partial charge in [0, 0.05) is 6.42 Å². The zero-order chi connectivity index (χ0) is 17.6. The molecule has 2 aromatic rings. The van der Waals surface area contributed by atoms with E-state index in [-0.39, 0.29) is 6.61 Å². The molecule has 0 saturated heterocycles. The Hall–Kier alpha value is -2.08. The van der Waals surface area contributed by atoms with Crippen molar-refractivity contribution >= 4 is 17.2 Å². The van der Waals surface area contributed by atoms with Crippen molar-refractivity contribution in [3.8, 4) is 0 Å². The number of benzene rings is 1. The first-order chi connectivity index (χ1) is 11.5. The van der Waals surface area contributed by atoms with Gasteiger partial charge in [-0.1, -0.05) is 25.8 Å². The zero-order valence-corrected chi connectivity index (χ0v) is 14.3. The van der Waals surface area contributed by atoms with Crippen molar-refractivity contribution in [2.75, 3.05) is 6.61 Å². The fraction of sp³-hybridized carbons (Fsp3) is 0.556. The topological polar surface area (TPSA) is 95.6 Å². The molecule has 1 aromatic carbocycles. The number of hydrogen-bond acceptors (Lipinski definition) is 4. The Balaban J connectivity index is 2.03. The van der Waals surface area contributed by atoms with Crippen LogP contribution in [0.4, 0.5) is 4.79 Å². The number of unbranched alkanes of at least 4 members (excludes halogenated alkanes) is 2. The molecule has 24 heavy (non-hydrogen) atoms.